The van der Waals surface area contributed by atoms with E-state index < -0.39 is 0 Å². The molecule has 3 nitrogen and oxygen atoms in total. The summed E-state index contributed by atoms with van der Waals surface area (Å²) < 4.78 is 2.21. The van der Waals surface area contributed by atoms with Crippen LogP contribution in [0.5, 0.6) is 0 Å². The first-order chi connectivity index (χ1) is 8.76. The van der Waals surface area contributed by atoms with Gasteiger partial charge in [0.25, 0.3) is 0 Å². The minimum atomic E-state index is 0.582. The van der Waals surface area contributed by atoms with Crippen molar-refractivity contribution >= 4 is 11.0 Å². The summed E-state index contributed by atoms with van der Waals surface area (Å²) in [5.74, 6) is 1.19. The van der Waals surface area contributed by atoms with Crippen LogP contribution in [0.2, 0.25) is 0 Å². The summed E-state index contributed by atoms with van der Waals surface area (Å²) in [6, 6.07) is 6.32. The number of imidazole rings is 1. The predicted molar refractivity (Wildman–Crippen MR) is 76.5 cm³/mol. The zero-order valence-corrected chi connectivity index (χ0v) is 11.4. The average molecular weight is 245 g/mol. The molecule has 1 heterocycles. The van der Waals surface area contributed by atoms with Crippen LogP contribution < -0.4 is 5.73 Å². The van der Waals surface area contributed by atoms with E-state index in [1.165, 1.54) is 37.0 Å². The first-order valence-electron chi connectivity index (χ1n) is 6.90. The molecule has 0 radical (unpaired) electrons. The van der Waals surface area contributed by atoms with E-state index in [-0.39, 0.29) is 0 Å². The molecule has 2 N–H and O–H groups in total. The predicted octanol–water partition coefficient (Wildman–Crippen LogP) is 3.15. The maximum Gasteiger partial charge on any atom is 0.109 e. The molecule has 0 saturated heterocycles. The molecule has 98 valence electrons. The molecular formula is C15H23N3. The van der Waals surface area contributed by atoms with Crippen molar-refractivity contribution < 1.29 is 0 Å². The first-order valence-corrected chi connectivity index (χ1v) is 6.90. The van der Waals surface area contributed by atoms with Gasteiger partial charge in [0.2, 0.25) is 0 Å². The van der Waals surface area contributed by atoms with Gasteiger partial charge < -0.3 is 10.3 Å². The maximum absolute atomic E-state index is 5.66. The van der Waals surface area contributed by atoms with Gasteiger partial charge in [-0.05, 0) is 24.1 Å². The average Bonchev–Trinajstić information content (AvgIpc) is 2.71. The Kier molecular flexibility index (Phi) is 4.37. The fourth-order valence-electron chi connectivity index (χ4n) is 2.36. The Morgan fingerprint density at radius 1 is 1.22 bits per heavy atom. The number of rotatable bonds is 6. The van der Waals surface area contributed by atoms with E-state index >= 15 is 0 Å². The van der Waals surface area contributed by atoms with Gasteiger partial charge in [-0.15, -0.1) is 0 Å². The van der Waals surface area contributed by atoms with Crippen LogP contribution in [0.4, 0.5) is 0 Å². The van der Waals surface area contributed by atoms with E-state index in [2.05, 4.69) is 36.7 Å². The molecule has 1 aromatic carbocycles. The molecular weight excluding hydrogens is 222 g/mol. The van der Waals surface area contributed by atoms with Crippen LogP contribution in [0, 0.1) is 0 Å². The summed E-state index contributed by atoms with van der Waals surface area (Å²) in [6.45, 7) is 2.82. The van der Waals surface area contributed by atoms with Gasteiger partial charge in [0.15, 0.2) is 0 Å². The number of fused-ring (bicyclic) bond motifs is 1. The standard InChI is InChI=1S/C15H23N3/c1-3-4-5-6-7-15-17-13-10-12(11-16)8-9-14(13)18(15)2/h8-10H,3-7,11,16H2,1-2H3. The maximum atomic E-state index is 5.66. The number of benzene rings is 1. The fourth-order valence-corrected chi connectivity index (χ4v) is 2.36. The van der Waals surface area contributed by atoms with Crippen LogP contribution in [-0.4, -0.2) is 9.55 Å². The first kappa shape index (κ1) is 13.1. The zero-order valence-electron chi connectivity index (χ0n) is 11.4. The van der Waals surface area contributed by atoms with Gasteiger partial charge in [-0.3, -0.25) is 0 Å². The van der Waals surface area contributed by atoms with Gasteiger partial charge in [0.05, 0.1) is 11.0 Å². The molecule has 0 aliphatic carbocycles. The second-order valence-corrected chi connectivity index (χ2v) is 4.92. The molecule has 0 atom stereocenters. The molecule has 1 aromatic heterocycles. The van der Waals surface area contributed by atoms with Crippen LogP contribution in [0.1, 0.15) is 44.0 Å². The minimum Gasteiger partial charge on any atom is -0.331 e. The lowest BCUT2D eigenvalue weighted by atomic mass is 10.1. The van der Waals surface area contributed by atoms with Gasteiger partial charge in [-0.2, -0.15) is 0 Å². The van der Waals surface area contributed by atoms with E-state index in [0.717, 1.165) is 17.5 Å². The molecule has 0 aliphatic rings. The molecule has 0 spiro atoms. The molecule has 0 bridgehead atoms. The van der Waals surface area contributed by atoms with Crippen LogP contribution in [0.3, 0.4) is 0 Å². The van der Waals surface area contributed by atoms with Gasteiger partial charge in [0, 0.05) is 20.0 Å². The highest BCUT2D eigenvalue weighted by Crippen LogP contribution is 2.18. The zero-order chi connectivity index (χ0) is 13.0. The Hall–Kier alpha value is -1.35. The smallest absolute Gasteiger partial charge is 0.109 e. The van der Waals surface area contributed by atoms with E-state index in [0.29, 0.717) is 6.54 Å². The van der Waals surface area contributed by atoms with Crippen molar-refractivity contribution in [2.45, 2.75) is 45.6 Å². The third-order valence-electron chi connectivity index (χ3n) is 3.53. The highest BCUT2D eigenvalue weighted by atomic mass is 15.1. The van der Waals surface area contributed by atoms with Gasteiger partial charge in [-0.25, -0.2) is 4.98 Å². The van der Waals surface area contributed by atoms with Crippen molar-refractivity contribution in [1.82, 2.24) is 9.55 Å². The summed E-state index contributed by atoms with van der Waals surface area (Å²) in [5, 5.41) is 0. The minimum absolute atomic E-state index is 0.582. The molecule has 2 aromatic rings. The Morgan fingerprint density at radius 3 is 2.78 bits per heavy atom. The molecule has 2 rings (SSSR count). The number of aromatic nitrogens is 2. The molecule has 18 heavy (non-hydrogen) atoms. The van der Waals surface area contributed by atoms with E-state index in [9.17, 15) is 0 Å². The number of hydrogen-bond donors (Lipinski definition) is 1. The third-order valence-corrected chi connectivity index (χ3v) is 3.53. The summed E-state index contributed by atoms with van der Waals surface area (Å²) in [7, 11) is 2.10. The quantitative estimate of drug-likeness (QED) is 0.794. The Morgan fingerprint density at radius 2 is 2.06 bits per heavy atom. The lowest BCUT2D eigenvalue weighted by Gasteiger charge is -2.02. The monoisotopic (exact) mass is 245 g/mol. The Bertz CT molecular complexity index is 514. The van der Waals surface area contributed by atoms with E-state index in [4.69, 9.17) is 10.7 Å². The van der Waals surface area contributed by atoms with Crippen molar-refractivity contribution in [3.8, 4) is 0 Å². The number of aryl methyl sites for hydroxylation is 2. The third kappa shape index (κ3) is 2.72. The Balaban J connectivity index is 2.16. The lowest BCUT2D eigenvalue weighted by molar-refractivity contribution is 0.642. The largest absolute Gasteiger partial charge is 0.331 e. The summed E-state index contributed by atoms with van der Waals surface area (Å²) in [5.41, 5.74) is 9.10. The molecule has 0 aliphatic heterocycles. The van der Waals surface area contributed by atoms with Gasteiger partial charge >= 0.3 is 0 Å². The van der Waals surface area contributed by atoms with Gasteiger partial charge in [0.1, 0.15) is 5.82 Å². The Labute approximate surface area is 109 Å². The lowest BCUT2D eigenvalue weighted by Crippen LogP contribution is -1.98. The van der Waals surface area contributed by atoms with Crippen LogP contribution in [-0.2, 0) is 20.0 Å². The van der Waals surface area contributed by atoms with Crippen molar-refractivity contribution in [2.75, 3.05) is 0 Å². The van der Waals surface area contributed by atoms with Crippen molar-refractivity contribution in [2.24, 2.45) is 12.8 Å². The highest BCUT2D eigenvalue weighted by Gasteiger charge is 2.07. The normalized spacial score (nSPS) is 11.3. The van der Waals surface area contributed by atoms with Gasteiger partial charge in [-0.1, -0.05) is 32.3 Å². The number of nitrogens with two attached hydrogens (primary N) is 1. The molecule has 0 saturated carbocycles. The number of nitrogens with zero attached hydrogens (tertiary/aromatic N) is 2. The SMILES string of the molecule is CCCCCCc1nc2cc(CN)ccc2n1C. The molecule has 3 heteroatoms. The number of hydrogen-bond acceptors (Lipinski definition) is 2. The summed E-state index contributed by atoms with van der Waals surface area (Å²) in [6.07, 6.45) is 6.20. The van der Waals surface area contributed by atoms with Crippen LogP contribution >= 0.6 is 0 Å². The summed E-state index contributed by atoms with van der Waals surface area (Å²) >= 11 is 0. The summed E-state index contributed by atoms with van der Waals surface area (Å²) in [4.78, 5) is 4.73. The van der Waals surface area contributed by atoms with Crippen LogP contribution in [0.25, 0.3) is 11.0 Å². The molecule has 0 fully saturated rings. The molecule has 0 amide bonds. The van der Waals surface area contributed by atoms with Crippen molar-refractivity contribution in [3.63, 3.8) is 0 Å². The topological polar surface area (TPSA) is 43.8 Å². The van der Waals surface area contributed by atoms with Crippen molar-refractivity contribution in [3.05, 3.63) is 29.6 Å². The second-order valence-electron chi connectivity index (χ2n) is 4.92. The van der Waals surface area contributed by atoms with E-state index in [1.54, 1.807) is 0 Å². The van der Waals surface area contributed by atoms with E-state index in [1.807, 2.05) is 0 Å². The highest BCUT2D eigenvalue weighted by molar-refractivity contribution is 5.76. The fraction of sp³-hybridized carbons (Fsp3) is 0.533. The molecule has 0 unspecified atom stereocenters. The number of unbranched alkanes of at least 4 members (excludes halogenated alkanes) is 3. The second kappa shape index (κ2) is 6.01. The van der Waals surface area contributed by atoms with Crippen molar-refractivity contribution in [1.29, 1.82) is 0 Å². The van der Waals surface area contributed by atoms with Crippen LogP contribution in [0.15, 0.2) is 18.2 Å².